The maximum Gasteiger partial charge on any atom is 0.286 e. The number of hydrogen-bond donors (Lipinski definition) is 1. The van der Waals surface area contributed by atoms with E-state index in [4.69, 9.17) is 33.0 Å². The van der Waals surface area contributed by atoms with E-state index in [2.05, 4.69) is 21.4 Å². The first-order valence-electron chi connectivity index (χ1n) is 10.6. The molecule has 2 aliphatic rings. The average Bonchev–Trinajstić information content (AvgIpc) is 2.96. The summed E-state index contributed by atoms with van der Waals surface area (Å²) in [5.41, 5.74) is 6.41. The van der Waals surface area contributed by atoms with Crippen LogP contribution in [0.3, 0.4) is 0 Å². The van der Waals surface area contributed by atoms with Crippen LogP contribution in [0.15, 0.2) is 40.9 Å². The Morgan fingerprint density at radius 1 is 1.06 bits per heavy atom. The number of aromatic nitrogens is 2. The van der Waals surface area contributed by atoms with Gasteiger partial charge in [0.05, 0.1) is 16.4 Å². The van der Waals surface area contributed by atoms with Crippen molar-refractivity contribution < 1.29 is 9.53 Å². The number of nitrogens with zero attached hydrogens (tertiary/aromatic N) is 3. The van der Waals surface area contributed by atoms with Crippen molar-refractivity contribution >= 4 is 57.4 Å². The number of hydrazine groups is 1. The highest BCUT2D eigenvalue weighted by molar-refractivity contribution is 9.10. The SMILES string of the molecule is Cl.O=C(NN1CCCCCC1)c1nn(-c2ccc(Cl)cc2Cl)c2c1COc1cc(Br)ccc1-2. The number of carbonyl (C=O) groups is 1. The van der Waals surface area contributed by atoms with Crippen molar-refractivity contribution in [2.24, 2.45) is 0 Å². The highest BCUT2D eigenvalue weighted by atomic mass is 79.9. The van der Waals surface area contributed by atoms with Gasteiger partial charge in [0.1, 0.15) is 12.4 Å². The number of halogens is 4. The number of carbonyl (C=O) groups excluding carboxylic acids is 1. The Balaban J connectivity index is 0.00000259. The van der Waals surface area contributed by atoms with E-state index in [9.17, 15) is 4.79 Å². The van der Waals surface area contributed by atoms with Gasteiger partial charge in [-0.15, -0.1) is 12.4 Å². The van der Waals surface area contributed by atoms with Gasteiger partial charge in [0.25, 0.3) is 5.91 Å². The second-order valence-corrected chi connectivity index (χ2v) is 9.71. The van der Waals surface area contributed by atoms with Gasteiger partial charge in [-0.1, -0.05) is 52.0 Å². The summed E-state index contributed by atoms with van der Waals surface area (Å²) < 4.78 is 8.63. The van der Waals surface area contributed by atoms with E-state index in [1.165, 1.54) is 12.8 Å². The topological polar surface area (TPSA) is 59.4 Å². The molecule has 1 fully saturated rings. The van der Waals surface area contributed by atoms with Crippen molar-refractivity contribution in [3.63, 3.8) is 0 Å². The van der Waals surface area contributed by atoms with Crippen LogP contribution in [0.1, 0.15) is 41.7 Å². The Morgan fingerprint density at radius 2 is 1.82 bits per heavy atom. The average molecular weight is 573 g/mol. The Morgan fingerprint density at radius 3 is 2.55 bits per heavy atom. The summed E-state index contributed by atoms with van der Waals surface area (Å²) in [6, 6.07) is 11.0. The third-order valence-electron chi connectivity index (χ3n) is 5.77. The maximum atomic E-state index is 13.3. The molecule has 0 atom stereocenters. The monoisotopic (exact) mass is 570 g/mol. The lowest BCUT2D eigenvalue weighted by Gasteiger charge is -2.22. The standard InChI is InChI=1S/C23H21BrCl2N4O2.ClH/c24-14-5-7-16-20(11-14)32-13-17-21(23(31)28-29-9-3-1-2-4-10-29)27-30(22(16)17)19-8-6-15(25)12-18(19)26;/h5-8,11-12H,1-4,9-10,13H2,(H,28,31);1H. The van der Waals surface area contributed by atoms with Crippen LogP contribution in [-0.4, -0.2) is 33.8 Å². The van der Waals surface area contributed by atoms with Crippen molar-refractivity contribution in [3.05, 3.63) is 62.2 Å². The zero-order valence-electron chi connectivity index (χ0n) is 17.6. The minimum Gasteiger partial charge on any atom is -0.488 e. The smallest absolute Gasteiger partial charge is 0.286 e. The molecule has 33 heavy (non-hydrogen) atoms. The van der Waals surface area contributed by atoms with E-state index in [0.29, 0.717) is 21.4 Å². The van der Waals surface area contributed by atoms with Gasteiger partial charge in [-0.25, -0.2) is 9.69 Å². The van der Waals surface area contributed by atoms with Crippen molar-refractivity contribution in [2.75, 3.05) is 13.1 Å². The fourth-order valence-corrected chi connectivity index (χ4v) is 5.04. The van der Waals surface area contributed by atoms with Crippen molar-refractivity contribution in [3.8, 4) is 22.7 Å². The molecule has 3 heterocycles. The lowest BCUT2D eigenvalue weighted by Crippen LogP contribution is -2.43. The van der Waals surface area contributed by atoms with E-state index in [1.54, 1.807) is 16.8 Å². The summed E-state index contributed by atoms with van der Waals surface area (Å²) in [6.45, 7) is 1.92. The third-order valence-corrected chi connectivity index (χ3v) is 6.80. The Labute approximate surface area is 216 Å². The first kappa shape index (κ1) is 24.4. The molecular formula is C23H22BrCl3N4O2. The highest BCUT2D eigenvalue weighted by Crippen LogP contribution is 2.42. The van der Waals surface area contributed by atoms with Crippen LogP contribution in [0.25, 0.3) is 16.9 Å². The molecule has 1 amide bonds. The van der Waals surface area contributed by atoms with Gasteiger partial charge in [-0.2, -0.15) is 5.10 Å². The fourth-order valence-electron chi connectivity index (χ4n) is 4.21. The predicted octanol–water partition coefficient (Wildman–Crippen LogP) is 6.44. The summed E-state index contributed by atoms with van der Waals surface area (Å²) >= 11 is 16.1. The van der Waals surface area contributed by atoms with Gasteiger partial charge in [0, 0.05) is 33.7 Å². The Bertz CT molecular complexity index is 1190. The summed E-state index contributed by atoms with van der Waals surface area (Å²) in [6.07, 6.45) is 4.51. The summed E-state index contributed by atoms with van der Waals surface area (Å²) in [4.78, 5) is 13.3. The minimum atomic E-state index is -0.240. The molecule has 0 saturated carbocycles. The van der Waals surface area contributed by atoms with E-state index in [-0.39, 0.29) is 24.9 Å². The second kappa shape index (κ2) is 10.2. The zero-order chi connectivity index (χ0) is 22.2. The first-order chi connectivity index (χ1) is 15.5. The molecular weight excluding hydrogens is 551 g/mol. The molecule has 0 spiro atoms. The quantitative estimate of drug-likeness (QED) is 0.392. The number of hydrogen-bond acceptors (Lipinski definition) is 4. The molecule has 1 saturated heterocycles. The molecule has 5 rings (SSSR count). The predicted molar refractivity (Wildman–Crippen MR) is 136 cm³/mol. The van der Waals surface area contributed by atoms with Gasteiger partial charge < -0.3 is 4.74 Å². The molecule has 0 radical (unpaired) electrons. The largest absolute Gasteiger partial charge is 0.488 e. The van der Waals surface area contributed by atoms with Crippen LogP contribution >= 0.6 is 51.5 Å². The van der Waals surface area contributed by atoms with Crippen LogP contribution in [0.4, 0.5) is 0 Å². The van der Waals surface area contributed by atoms with E-state index in [0.717, 1.165) is 53.0 Å². The lowest BCUT2D eigenvalue weighted by atomic mass is 10.0. The molecule has 0 bridgehead atoms. The molecule has 6 nitrogen and oxygen atoms in total. The van der Waals surface area contributed by atoms with Crippen LogP contribution in [-0.2, 0) is 6.61 Å². The number of benzene rings is 2. The molecule has 0 aliphatic carbocycles. The maximum absolute atomic E-state index is 13.3. The van der Waals surface area contributed by atoms with Crippen LogP contribution in [0.5, 0.6) is 5.75 Å². The molecule has 0 unspecified atom stereocenters. The molecule has 174 valence electrons. The lowest BCUT2D eigenvalue weighted by molar-refractivity contribution is 0.0786. The summed E-state index contributed by atoms with van der Waals surface area (Å²) in [7, 11) is 0. The minimum absolute atomic E-state index is 0. The zero-order valence-corrected chi connectivity index (χ0v) is 21.5. The number of amides is 1. The van der Waals surface area contributed by atoms with Crippen molar-refractivity contribution in [1.82, 2.24) is 20.2 Å². The molecule has 2 aromatic carbocycles. The molecule has 10 heteroatoms. The van der Waals surface area contributed by atoms with E-state index < -0.39 is 0 Å². The number of nitrogens with one attached hydrogen (secondary N) is 1. The van der Waals surface area contributed by atoms with Gasteiger partial charge in [0.15, 0.2) is 5.69 Å². The summed E-state index contributed by atoms with van der Waals surface area (Å²) in [5.74, 6) is 0.480. The fraction of sp³-hybridized carbons (Fsp3) is 0.304. The van der Waals surface area contributed by atoms with Crippen LogP contribution < -0.4 is 10.2 Å². The Kier molecular flexibility index (Phi) is 7.56. The third kappa shape index (κ3) is 4.88. The van der Waals surface area contributed by atoms with Crippen molar-refractivity contribution in [2.45, 2.75) is 32.3 Å². The van der Waals surface area contributed by atoms with Gasteiger partial charge in [-0.3, -0.25) is 10.2 Å². The molecule has 2 aliphatic heterocycles. The molecule has 1 N–H and O–H groups in total. The van der Waals surface area contributed by atoms with E-state index in [1.807, 2.05) is 29.3 Å². The van der Waals surface area contributed by atoms with Crippen molar-refractivity contribution in [1.29, 1.82) is 0 Å². The summed E-state index contributed by atoms with van der Waals surface area (Å²) in [5, 5.41) is 7.70. The van der Waals surface area contributed by atoms with Crippen LogP contribution in [0, 0.1) is 0 Å². The first-order valence-corrected chi connectivity index (χ1v) is 12.1. The second-order valence-electron chi connectivity index (χ2n) is 7.95. The normalized spacial score (nSPS) is 15.5. The van der Waals surface area contributed by atoms with Gasteiger partial charge in [0.2, 0.25) is 0 Å². The number of ether oxygens (including phenoxy) is 1. The number of rotatable bonds is 3. The highest BCUT2D eigenvalue weighted by Gasteiger charge is 2.31. The van der Waals surface area contributed by atoms with E-state index >= 15 is 0 Å². The van der Waals surface area contributed by atoms with Crippen LogP contribution in [0.2, 0.25) is 10.0 Å². The number of fused-ring (bicyclic) bond motifs is 3. The molecule has 3 aromatic rings. The van der Waals surface area contributed by atoms with Gasteiger partial charge >= 0.3 is 0 Å². The van der Waals surface area contributed by atoms with Gasteiger partial charge in [-0.05, 0) is 49.2 Å². The molecule has 1 aromatic heterocycles. The Hall–Kier alpha value is -1.77.